The smallest absolute Gasteiger partial charge is 0.397 e. The van der Waals surface area contributed by atoms with E-state index >= 15 is 0 Å². The Balaban J connectivity index is 1.75. The molecular formula is C14H17F3N2. The molecule has 104 valence electrons. The Labute approximate surface area is 110 Å². The number of hydrogen-bond acceptors (Lipinski definition) is 2. The SMILES string of the molecule is Nc1cc(C(F)(F)F)ccc1NC1CC2CCC1C2. The van der Waals surface area contributed by atoms with Crippen molar-refractivity contribution >= 4 is 11.4 Å². The van der Waals surface area contributed by atoms with Gasteiger partial charge < -0.3 is 11.1 Å². The zero-order chi connectivity index (χ0) is 13.6. The van der Waals surface area contributed by atoms with E-state index < -0.39 is 11.7 Å². The van der Waals surface area contributed by atoms with E-state index in [1.54, 1.807) is 0 Å². The molecule has 2 fully saturated rings. The van der Waals surface area contributed by atoms with Gasteiger partial charge in [-0.1, -0.05) is 6.42 Å². The summed E-state index contributed by atoms with van der Waals surface area (Å²) < 4.78 is 37.7. The zero-order valence-electron chi connectivity index (χ0n) is 10.5. The van der Waals surface area contributed by atoms with Crippen LogP contribution in [0.15, 0.2) is 18.2 Å². The van der Waals surface area contributed by atoms with Gasteiger partial charge >= 0.3 is 6.18 Å². The Morgan fingerprint density at radius 2 is 1.95 bits per heavy atom. The largest absolute Gasteiger partial charge is 0.416 e. The monoisotopic (exact) mass is 270 g/mol. The molecule has 0 spiro atoms. The lowest BCUT2D eigenvalue weighted by Gasteiger charge is -2.25. The van der Waals surface area contributed by atoms with Crippen LogP contribution in [0.5, 0.6) is 0 Å². The number of fused-ring (bicyclic) bond motifs is 2. The van der Waals surface area contributed by atoms with Crippen molar-refractivity contribution in [1.29, 1.82) is 0 Å². The first-order chi connectivity index (χ1) is 8.93. The quantitative estimate of drug-likeness (QED) is 0.800. The number of benzene rings is 1. The first kappa shape index (κ1) is 12.6. The third-order valence-electron chi connectivity index (χ3n) is 4.46. The van der Waals surface area contributed by atoms with Crippen LogP contribution in [0.2, 0.25) is 0 Å². The average Bonchev–Trinajstić information content (AvgIpc) is 2.92. The second-order valence-corrected chi connectivity index (χ2v) is 5.73. The average molecular weight is 270 g/mol. The molecule has 0 saturated heterocycles. The molecule has 0 aromatic heterocycles. The van der Waals surface area contributed by atoms with Gasteiger partial charge in [-0.25, -0.2) is 0 Å². The lowest BCUT2D eigenvalue weighted by molar-refractivity contribution is -0.137. The van der Waals surface area contributed by atoms with Gasteiger partial charge in [0.15, 0.2) is 0 Å². The highest BCUT2D eigenvalue weighted by atomic mass is 19.4. The third-order valence-corrected chi connectivity index (χ3v) is 4.46. The van der Waals surface area contributed by atoms with Crippen LogP contribution >= 0.6 is 0 Å². The van der Waals surface area contributed by atoms with Crippen molar-refractivity contribution in [1.82, 2.24) is 0 Å². The maximum atomic E-state index is 12.6. The molecule has 2 bridgehead atoms. The van der Waals surface area contributed by atoms with Crippen LogP contribution in [0, 0.1) is 11.8 Å². The molecule has 3 unspecified atom stereocenters. The minimum Gasteiger partial charge on any atom is -0.397 e. The van der Waals surface area contributed by atoms with Crippen molar-refractivity contribution < 1.29 is 13.2 Å². The fourth-order valence-corrected chi connectivity index (χ4v) is 3.49. The van der Waals surface area contributed by atoms with Crippen LogP contribution < -0.4 is 11.1 Å². The van der Waals surface area contributed by atoms with Crippen molar-refractivity contribution in [2.45, 2.75) is 37.9 Å². The molecule has 0 radical (unpaired) electrons. The van der Waals surface area contributed by atoms with Crippen molar-refractivity contribution in [2.24, 2.45) is 11.8 Å². The normalized spacial score (nSPS) is 29.7. The molecule has 2 saturated carbocycles. The van der Waals surface area contributed by atoms with Gasteiger partial charge in [0.1, 0.15) is 0 Å². The highest BCUT2D eigenvalue weighted by molar-refractivity contribution is 5.67. The number of nitrogens with two attached hydrogens (primary N) is 1. The van der Waals surface area contributed by atoms with Gasteiger partial charge in [-0.2, -0.15) is 13.2 Å². The van der Waals surface area contributed by atoms with E-state index in [2.05, 4.69) is 5.32 Å². The maximum absolute atomic E-state index is 12.6. The van der Waals surface area contributed by atoms with Crippen LogP contribution in [0.1, 0.15) is 31.2 Å². The molecule has 3 rings (SSSR count). The Kier molecular flexibility index (Phi) is 2.87. The molecule has 1 aromatic rings. The molecule has 3 N–H and O–H groups in total. The van der Waals surface area contributed by atoms with Gasteiger partial charge in [0, 0.05) is 6.04 Å². The molecule has 2 aliphatic rings. The van der Waals surface area contributed by atoms with Gasteiger partial charge in [0.25, 0.3) is 0 Å². The van der Waals surface area contributed by atoms with Crippen molar-refractivity contribution in [3.05, 3.63) is 23.8 Å². The molecule has 3 atom stereocenters. The summed E-state index contributed by atoms with van der Waals surface area (Å²) in [6.07, 6.45) is 0.552. The third kappa shape index (κ3) is 2.38. The Hall–Kier alpha value is -1.39. The molecular weight excluding hydrogens is 253 g/mol. The fraction of sp³-hybridized carbons (Fsp3) is 0.571. The highest BCUT2D eigenvalue weighted by Gasteiger charge is 2.39. The van der Waals surface area contributed by atoms with E-state index in [9.17, 15) is 13.2 Å². The van der Waals surface area contributed by atoms with Crippen LogP contribution in [-0.4, -0.2) is 6.04 Å². The molecule has 19 heavy (non-hydrogen) atoms. The summed E-state index contributed by atoms with van der Waals surface area (Å²) in [6, 6.07) is 3.92. The fourth-order valence-electron chi connectivity index (χ4n) is 3.49. The number of halogens is 3. The minimum atomic E-state index is -4.33. The molecule has 1 aromatic carbocycles. The zero-order valence-corrected chi connectivity index (χ0v) is 10.5. The van der Waals surface area contributed by atoms with Crippen molar-refractivity contribution in [3.63, 3.8) is 0 Å². The number of hydrogen-bond donors (Lipinski definition) is 2. The number of nitrogens with one attached hydrogen (secondary N) is 1. The summed E-state index contributed by atoms with van der Waals surface area (Å²) in [5.41, 5.74) is 5.85. The van der Waals surface area contributed by atoms with Gasteiger partial charge in [-0.05, 0) is 49.3 Å². The summed E-state index contributed by atoms with van der Waals surface area (Å²) in [7, 11) is 0. The topological polar surface area (TPSA) is 38.0 Å². The van der Waals surface area contributed by atoms with Crippen LogP contribution in [0.4, 0.5) is 24.5 Å². The summed E-state index contributed by atoms with van der Waals surface area (Å²) in [6.45, 7) is 0. The predicted molar refractivity (Wildman–Crippen MR) is 68.7 cm³/mol. The van der Waals surface area contributed by atoms with E-state index in [4.69, 9.17) is 5.73 Å². The first-order valence-electron chi connectivity index (χ1n) is 6.67. The van der Waals surface area contributed by atoms with E-state index in [0.717, 1.165) is 24.5 Å². The molecule has 0 heterocycles. The summed E-state index contributed by atoms with van der Waals surface area (Å²) in [5.74, 6) is 1.45. The lowest BCUT2D eigenvalue weighted by atomic mass is 9.95. The summed E-state index contributed by atoms with van der Waals surface area (Å²) in [4.78, 5) is 0. The molecule has 2 aliphatic carbocycles. The summed E-state index contributed by atoms with van der Waals surface area (Å²) in [5, 5.41) is 3.33. The van der Waals surface area contributed by atoms with Gasteiger partial charge in [0.05, 0.1) is 16.9 Å². The Morgan fingerprint density at radius 3 is 2.47 bits per heavy atom. The van der Waals surface area contributed by atoms with Crippen molar-refractivity contribution in [3.8, 4) is 0 Å². The van der Waals surface area contributed by atoms with Crippen molar-refractivity contribution in [2.75, 3.05) is 11.1 Å². The number of nitrogen functional groups attached to an aromatic ring is 1. The molecule has 5 heteroatoms. The number of rotatable bonds is 2. The highest BCUT2D eigenvalue weighted by Crippen LogP contribution is 2.46. The van der Waals surface area contributed by atoms with E-state index in [0.29, 0.717) is 17.6 Å². The number of anilines is 2. The molecule has 2 nitrogen and oxygen atoms in total. The lowest BCUT2D eigenvalue weighted by Crippen LogP contribution is -2.26. The maximum Gasteiger partial charge on any atom is 0.416 e. The Morgan fingerprint density at radius 1 is 1.16 bits per heavy atom. The first-order valence-corrected chi connectivity index (χ1v) is 6.67. The second-order valence-electron chi connectivity index (χ2n) is 5.73. The van der Waals surface area contributed by atoms with Gasteiger partial charge in [-0.3, -0.25) is 0 Å². The minimum absolute atomic E-state index is 0.178. The Bertz CT molecular complexity index is 484. The van der Waals surface area contributed by atoms with E-state index in [1.165, 1.54) is 25.3 Å². The molecule has 0 aliphatic heterocycles. The van der Waals surface area contributed by atoms with E-state index in [1.807, 2.05) is 0 Å². The van der Waals surface area contributed by atoms with Crippen LogP contribution in [-0.2, 0) is 6.18 Å². The van der Waals surface area contributed by atoms with Gasteiger partial charge in [-0.15, -0.1) is 0 Å². The molecule has 0 amide bonds. The predicted octanol–water partition coefficient (Wildman–Crippen LogP) is 3.89. The second kappa shape index (κ2) is 4.32. The van der Waals surface area contributed by atoms with E-state index in [-0.39, 0.29) is 5.69 Å². The van der Waals surface area contributed by atoms with Gasteiger partial charge in [0.2, 0.25) is 0 Å². The standard InChI is InChI=1S/C14H17F3N2/c15-14(16,17)10-3-4-12(11(18)7-10)19-13-6-8-1-2-9(13)5-8/h3-4,7-9,13,19H,1-2,5-6,18H2. The number of alkyl halides is 3. The van der Waals surface area contributed by atoms with Crippen LogP contribution in [0.3, 0.4) is 0 Å². The summed E-state index contributed by atoms with van der Waals surface area (Å²) >= 11 is 0. The van der Waals surface area contributed by atoms with Crippen LogP contribution in [0.25, 0.3) is 0 Å².